The van der Waals surface area contributed by atoms with E-state index < -0.39 is 5.97 Å². The summed E-state index contributed by atoms with van der Waals surface area (Å²) in [5, 5.41) is 0. The molecule has 68 valence electrons. The van der Waals surface area contributed by atoms with Crippen LogP contribution in [0, 0.1) is 0 Å². The van der Waals surface area contributed by atoms with E-state index in [9.17, 15) is 4.79 Å². The molecule has 0 bridgehead atoms. The molecule has 12 heavy (non-hydrogen) atoms. The highest BCUT2D eigenvalue weighted by atomic mass is 17.2. The van der Waals surface area contributed by atoms with Crippen LogP contribution < -0.4 is 0 Å². The number of hydrogen-bond acceptors (Lipinski definition) is 3. The molecule has 0 atom stereocenters. The average Bonchev–Trinajstić information content (AvgIpc) is 2.05. The van der Waals surface area contributed by atoms with Crippen LogP contribution in [0.3, 0.4) is 0 Å². The molecule has 3 heteroatoms. The number of allylic oxidation sites excluding steroid dienone is 1. The maximum Gasteiger partial charge on any atom is 0.368 e. The lowest BCUT2D eigenvalue weighted by Crippen LogP contribution is -2.06. The molecule has 0 N–H and O–H groups in total. The zero-order chi connectivity index (χ0) is 9.40. The molecule has 0 saturated heterocycles. The Morgan fingerprint density at radius 2 is 2.25 bits per heavy atom. The first-order valence-corrected chi connectivity index (χ1v) is 3.83. The number of rotatable bonds is 5. The van der Waals surface area contributed by atoms with E-state index in [0.29, 0.717) is 5.57 Å². The van der Waals surface area contributed by atoms with Gasteiger partial charge in [0.05, 0.1) is 0 Å². The molecule has 0 fully saturated rings. The lowest BCUT2D eigenvalue weighted by Gasteiger charge is -2.00. The van der Waals surface area contributed by atoms with Gasteiger partial charge in [-0.2, -0.15) is 4.89 Å². The van der Waals surface area contributed by atoms with Crippen molar-refractivity contribution in [3.8, 4) is 0 Å². The SMILES string of the molecule is C=CCOOC(=O)C(C)=CCC. The first-order valence-electron chi connectivity index (χ1n) is 3.83. The van der Waals surface area contributed by atoms with Crippen molar-refractivity contribution in [2.45, 2.75) is 20.3 Å². The van der Waals surface area contributed by atoms with E-state index in [4.69, 9.17) is 0 Å². The van der Waals surface area contributed by atoms with Crippen molar-refractivity contribution < 1.29 is 14.6 Å². The van der Waals surface area contributed by atoms with Crippen molar-refractivity contribution in [2.75, 3.05) is 6.61 Å². The lowest BCUT2D eigenvalue weighted by molar-refractivity contribution is -0.261. The Morgan fingerprint density at radius 3 is 2.75 bits per heavy atom. The van der Waals surface area contributed by atoms with Crippen molar-refractivity contribution in [1.29, 1.82) is 0 Å². The maximum atomic E-state index is 11.0. The third-order valence-electron chi connectivity index (χ3n) is 1.15. The molecule has 0 unspecified atom stereocenters. The second-order valence-corrected chi connectivity index (χ2v) is 2.24. The third-order valence-corrected chi connectivity index (χ3v) is 1.15. The van der Waals surface area contributed by atoms with Gasteiger partial charge in [0.1, 0.15) is 6.61 Å². The van der Waals surface area contributed by atoms with Crippen LogP contribution in [-0.4, -0.2) is 12.6 Å². The first-order chi connectivity index (χ1) is 5.72. The normalized spacial score (nSPS) is 11.0. The monoisotopic (exact) mass is 170 g/mol. The Balaban J connectivity index is 3.71. The fourth-order valence-corrected chi connectivity index (χ4v) is 0.591. The van der Waals surface area contributed by atoms with Gasteiger partial charge in [-0.25, -0.2) is 4.79 Å². The van der Waals surface area contributed by atoms with Crippen LogP contribution in [-0.2, 0) is 14.6 Å². The summed E-state index contributed by atoms with van der Waals surface area (Å²) >= 11 is 0. The number of carbonyl (C=O) groups is 1. The zero-order valence-electron chi connectivity index (χ0n) is 7.50. The molecule has 0 aromatic rings. The van der Waals surface area contributed by atoms with Crippen LogP contribution in [0.5, 0.6) is 0 Å². The van der Waals surface area contributed by atoms with Gasteiger partial charge in [-0.05, 0) is 13.3 Å². The van der Waals surface area contributed by atoms with Crippen LogP contribution in [0.15, 0.2) is 24.3 Å². The van der Waals surface area contributed by atoms with Gasteiger partial charge < -0.3 is 0 Å². The van der Waals surface area contributed by atoms with Crippen molar-refractivity contribution in [3.63, 3.8) is 0 Å². The van der Waals surface area contributed by atoms with Crippen molar-refractivity contribution >= 4 is 5.97 Å². The largest absolute Gasteiger partial charge is 0.368 e. The molecule has 0 rings (SSSR count). The standard InChI is InChI=1S/C9H14O3/c1-4-6-8(3)9(10)12-11-7-5-2/h5-6H,2,4,7H2,1,3H3. The summed E-state index contributed by atoms with van der Waals surface area (Å²) in [6, 6.07) is 0. The minimum Gasteiger partial charge on any atom is -0.293 e. The molecule has 0 radical (unpaired) electrons. The highest BCUT2D eigenvalue weighted by molar-refractivity contribution is 5.87. The Bertz CT molecular complexity index is 182. The van der Waals surface area contributed by atoms with Gasteiger partial charge in [-0.15, -0.1) is 6.58 Å². The molecule has 0 aliphatic rings. The molecule has 0 heterocycles. The summed E-state index contributed by atoms with van der Waals surface area (Å²) in [5.41, 5.74) is 0.557. The molecule has 0 aliphatic heterocycles. The third kappa shape index (κ3) is 4.68. The smallest absolute Gasteiger partial charge is 0.293 e. The summed E-state index contributed by atoms with van der Waals surface area (Å²) in [6.45, 7) is 7.25. The Labute approximate surface area is 72.6 Å². The summed E-state index contributed by atoms with van der Waals surface area (Å²) in [6.07, 6.45) is 4.09. The van der Waals surface area contributed by atoms with E-state index in [2.05, 4.69) is 16.4 Å². The van der Waals surface area contributed by atoms with Crippen LogP contribution in [0.4, 0.5) is 0 Å². The fraction of sp³-hybridized carbons (Fsp3) is 0.444. The second kappa shape index (κ2) is 6.61. The molecule has 3 nitrogen and oxygen atoms in total. The minimum atomic E-state index is -0.446. The van der Waals surface area contributed by atoms with Gasteiger partial charge in [-0.1, -0.05) is 19.1 Å². The highest BCUT2D eigenvalue weighted by Gasteiger charge is 2.04. The van der Waals surface area contributed by atoms with Gasteiger partial charge in [0.2, 0.25) is 0 Å². The topological polar surface area (TPSA) is 35.5 Å². The molecule has 0 aliphatic carbocycles. The number of carbonyl (C=O) groups excluding carboxylic acids is 1. The van der Waals surface area contributed by atoms with Crippen molar-refractivity contribution in [3.05, 3.63) is 24.3 Å². The van der Waals surface area contributed by atoms with Gasteiger partial charge in [0.25, 0.3) is 0 Å². The van der Waals surface area contributed by atoms with Gasteiger partial charge in [-0.3, -0.25) is 4.89 Å². The van der Waals surface area contributed by atoms with Crippen LogP contribution in [0.1, 0.15) is 20.3 Å². The molecule has 0 aromatic carbocycles. The molecule has 0 spiro atoms. The van der Waals surface area contributed by atoms with Gasteiger partial charge >= 0.3 is 5.97 Å². The van der Waals surface area contributed by atoms with Crippen LogP contribution in [0.2, 0.25) is 0 Å². The summed E-state index contributed by atoms with van der Waals surface area (Å²) in [7, 11) is 0. The molecular weight excluding hydrogens is 156 g/mol. The van der Waals surface area contributed by atoms with E-state index in [-0.39, 0.29) is 6.61 Å². The van der Waals surface area contributed by atoms with E-state index in [1.165, 1.54) is 6.08 Å². The molecule has 0 aromatic heterocycles. The fourth-order valence-electron chi connectivity index (χ4n) is 0.591. The second-order valence-electron chi connectivity index (χ2n) is 2.24. The van der Waals surface area contributed by atoms with Crippen LogP contribution in [0.25, 0.3) is 0 Å². The van der Waals surface area contributed by atoms with Gasteiger partial charge in [0.15, 0.2) is 0 Å². The molecule has 0 amide bonds. The van der Waals surface area contributed by atoms with Crippen molar-refractivity contribution in [2.24, 2.45) is 0 Å². The summed E-state index contributed by atoms with van der Waals surface area (Å²) < 4.78 is 0. The Morgan fingerprint density at radius 1 is 1.58 bits per heavy atom. The van der Waals surface area contributed by atoms with Gasteiger partial charge in [0, 0.05) is 5.57 Å². The molecular formula is C9H14O3. The van der Waals surface area contributed by atoms with Crippen LogP contribution >= 0.6 is 0 Å². The van der Waals surface area contributed by atoms with E-state index in [1.807, 2.05) is 6.92 Å². The summed E-state index contributed by atoms with van der Waals surface area (Å²) in [4.78, 5) is 19.9. The average molecular weight is 170 g/mol. The number of hydrogen-bond donors (Lipinski definition) is 0. The summed E-state index contributed by atoms with van der Waals surface area (Å²) in [5.74, 6) is -0.446. The Hall–Kier alpha value is -1.09. The van der Waals surface area contributed by atoms with E-state index in [1.54, 1.807) is 13.0 Å². The predicted molar refractivity (Wildman–Crippen MR) is 46.3 cm³/mol. The van der Waals surface area contributed by atoms with Crippen molar-refractivity contribution in [1.82, 2.24) is 0 Å². The first kappa shape index (κ1) is 10.9. The van der Waals surface area contributed by atoms with E-state index >= 15 is 0 Å². The quantitative estimate of drug-likeness (QED) is 0.208. The lowest BCUT2D eigenvalue weighted by atomic mass is 10.2. The Kier molecular flexibility index (Phi) is 6.01. The predicted octanol–water partition coefficient (Wildman–Crippen LogP) is 2.00. The van der Waals surface area contributed by atoms with E-state index in [0.717, 1.165) is 6.42 Å². The zero-order valence-corrected chi connectivity index (χ0v) is 7.50. The minimum absolute atomic E-state index is 0.213. The highest BCUT2D eigenvalue weighted by Crippen LogP contribution is 1.98. The molecule has 0 saturated carbocycles. The maximum absolute atomic E-state index is 11.0.